The minimum atomic E-state index is -0.0215. The van der Waals surface area contributed by atoms with E-state index < -0.39 is 0 Å². The van der Waals surface area contributed by atoms with Crippen LogP contribution in [-0.4, -0.2) is 10.9 Å². The van der Waals surface area contributed by atoms with Gasteiger partial charge < -0.3 is 5.32 Å². The number of rotatable bonds is 3. The maximum Gasteiger partial charge on any atom is 0.252 e. The third kappa shape index (κ3) is 3.19. The quantitative estimate of drug-likeness (QED) is 0.915. The molecule has 0 saturated carbocycles. The van der Waals surface area contributed by atoms with E-state index in [1.807, 2.05) is 45.0 Å². The molecule has 98 valence electrons. The van der Waals surface area contributed by atoms with Crippen LogP contribution in [0.2, 0.25) is 0 Å². The van der Waals surface area contributed by atoms with Gasteiger partial charge in [0.1, 0.15) is 0 Å². The highest BCUT2D eigenvalue weighted by Gasteiger charge is 2.12. The molecule has 0 atom stereocenters. The molecule has 0 bridgehead atoms. The fraction of sp³-hybridized carbons (Fsp3) is 0.250. The number of hydrogen-bond donors (Lipinski definition) is 1. The first-order chi connectivity index (χ1) is 9.08. The zero-order valence-electron chi connectivity index (χ0n) is 11.5. The van der Waals surface area contributed by atoms with Crippen molar-refractivity contribution < 1.29 is 4.79 Å². The fourth-order valence-electron chi connectivity index (χ4n) is 2.31. The van der Waals surface area contributed by atoms with Gasteiger partial charge in [-0.15, -0.1) is 0 Å². The van der Waals surface area contributed by atoms with Gasteiger partial charge in [-0.25, -0.2) is 0 Å². The van der Waals surface area contributed by atoms with Gasteiger partial charge in [0.05, 0.1) is 0 Å². The molecule has 0 fully saturated rings. The van der Waals surface area contributed by atoms with Crippen LogP contribution in [0.15, 0.2) is 36.7 Å². The van der Waals surface area contributed by atoms with E-state index in [4.69, 9.17) is 0 Å². The van der Waals surface area contributed by atoms with Crippen molar-refractivity contribution in [2.24, 2.45) is 0 Å². The number of nitrogens with one attached hydrogen (secondary N) is 1. The van der Waals surface area contributed by atoms with Crippen LogP contribution in [0.1, 0.15) is 32.6 Å². The lowest BCUT2D eigenvalue weighted by atomic mass is 9.99. The van der Waals surface area contributed by atoms with E-state index in [2.05, 4.69) is 10.3 Å². The fourth-order valence-corrected chi connectivity index (χ4v) is 2.31. The van der Waals surface area contributed by atoms with E-state index in [0.717, 1.165) is 22.3 Å². The molecule has 2 aromatic rings. The highest BCUT2D eigenvalue weighted by Crippen LogP contribution is 2.16. The topological polar surface area (TPSA) is 42.0 Å². The van der Waals surface area contributed by atoms with Crippen molar-refractivity contribution in [3.05, 3.63) is 64.5 Å². The molecule has 0 spiro atoms. The van der Waals surface area contributed by atoms with Crippen molar-refractivity contribution in [2.75, 3.05) is 0 Å². The van der Waals surface area contributed by atoms with E-state index >= 15 is 0 Å². The number of aryl methyl sites for hydroxylation is 3. The van der Waals surface area contributed by atoms with Crippen molar-refractivity contribution >= 4 is 5.91 Å². The summed E-state index contributed by atoms with van der Waals surface area (Å²) in [5.74, 6) is -0.0215. The lowest BCUT2D eigenvalue weighted by molar-refractivity contribution is 0.0949. The first-order valence-electron chi connectivity index (χ1n) is 6.33. The van der Waals surface area contributed by atoms with Crippen LogP contribution in [0.3, 0.4) is 0 Å². The Balaban J connectivity index is 2.13. The predicted octanol–water partition coefficient (Wildman–Crippen LogP) is 2.94. The standard InChI is InChI=1S/C16H18N2O/c1-11-8-12(2)15(13(3)9-11)16(19)18-10-14-4-6-17-7-5-14/h4-9H,10H2,1-3H3,(H,18,19). The first kappa shape index (κ1) is 13.3. The smallest absolute Gasteiger partial charge is 0.252 e. The number of aromatic nitrogens is 1. The summed E-state index contributed by atoms with van der Waals surface area (Å²) in [4.78, 5) is 16.2. The molecule has 1 aromatic carbocycles. The number of hydrogen-bond acceptors (Lipinski definition) is 2. The van der Waals surface area contributed by atoms with Crippen LogP contribution in [0.25, 0.3) is 0 Å². The second kappa shape index (κ2) is 5.65. The van der Waals surface area contributed by atoms with Crippen molar-refractivity contribution in [3.8, 4) is 0 Å². The molecular formula is C16H18N2O. The second-order valence-electron chi connectivity index (χ2n) is 4.81. The number of benzene rings is 1. The lowest BCUT2D eigenvalue weighted by Crippen LogP contribution is -2.24. The number of nitrogens with zero attached hydrogens (tertiary/aromatic N) is 1. The van der Waals surface area contributed by atoms with E-state index in [1.54, 1.807) is 12.4 Å². The zero-order valence-corrected chi connectivity index (χ0v) is 11.5. The monoisotopic (exact) mass is 254 g/mol. The van der Waals surface area contributed by atoms with Crippen LogP contribution in [-0.2, 0) is 6.54 Å². The Labute approximate surface area is 113 Å². The second-order valence-corrected chi connectivity index (χ2v) is 4.81. The Morgan fingerprint density at radius 1 is 1.11 bits per heavy atom. The van der Waals surface area contributed by atoms with Gasteiger partial charge in [-0.1, -0.05) is 17.7 Å². The highest BCUT2D eigenvalue weighted by molar-refractivity contribution is 5.97. The van der Waals surface area contributed by atoms with Crippen LogP contribution in [0.4, 0.5) is 0 Å². The Hall–Kier alpha value is -2.16. The molecule has 0 saturated heterocycles. The van der Waals surface area contributed by atoms with Gasteiger partial charge in [0.25, 0.3) is 5.91 Å². The van der Waals surface area contributed by atoms with Crippen molar-refractivity contribution in [3.63, 3.8) is 0 Å². The summed E-state index contributed by atoms with van der Waals surface area (Å²) in [6, 6.07) is 7.87. The zero-order chi connectivity index (χ0) is 13.8. The van der Waals surface area contributed by atoms with Crippen molar-refractivity contribution in [1.29, 1.82) is 0 Å². The number of pyridine rings is 1. The molecular weight excluding hydrogens is 236 g/mol. The maximum atomic E-state index is 12.2. The molecule has 3 heteroatoms. The van der Waals surface area contributed by atoms with Crippen LogP contribution < -0.4 is 5.32 Å². The molecule has 19 heavy (non-hydrogen) atoms. The molecule has 0 radical (unpaired) electrons. The Morgan fingerprint density at radius 2 is 1.68 bits per heavy atom. The Kier molecular flexibility index (Phi) is 3.95. The van der Waals surface area contributed by atoms with E-state index in [1.165, 1.54) is 5.56 Å². The summed E-state index contributed by atoms with van der Waals surface area (Å²) in [6.45, 7) is 6.51. The maximum absolute atomic E-state index is 12.2. The summed E-state index contributed by atoms with van der Waals surface area (Å²) in [6.07, 6.45) is 3.45. The van der Waals surface area contributed by atoms with E-state index in [0.29, 0.717) is 6.54 Å². The van der Waals surface area contributed by atoms with Crippen LogP contribution in [0, 0.1) is 20.8 Å². The molecule has 0 aliphatic rings. The minimum Gasteiger partial charge on any atom is -0.348 e. The third-order valence-electron chi connectivity index (χ3n) is 3.11. The third-order valence-corrected chi connectivity index (χ3v) is 3.11. The Bertz CT molecular complexity index is 568. The van der Waals surface area contributed by atoms with Gasteiger partial charge in [0.2, 0.25) is 0 Å². The molecule has 0 aliphatic heterocycles. The normalized spacial score (nSPS) is 10.3. The summed E-state index contributed by atoms with van der Waals surface area (Å²) >= 11 is 0. The molecule has 0 unspecified atom stereocenters. The number of amides is 1. The average Bonchev–Trinajstić information content (AvgIpc) is 2.36. The lowest BCUT2D eigenvalue weighted by Gasteiger charge is -2.11. The summed E-state index contributed by atoms with van der Waals surface area (Å²) in [7, 11) is 0. The van der Waals surface area contributed by atoms with Gasteiger partial charge in [0, 0.05) is 24.5 Å². The summed E-state index contributed by atoms with van der Waals surface area (Å²) < 4.78 is 0. The van der Waals surface area contributed by atoms with Gasteiger partial charge >= 0.3 is 0 Å². The molecule has 1 N–H and O–H groups in total. The average molecular weight is 254 g/mol. The number of carbonyl (C=O) groups is 1. The largest absolute Gasteiger partial charge is 0.348 e. The van der Waals surface area contributed by atoms with Crippen LogP contribution in [0.5, 0.6) is 0 Å². The van der Waals surface area contributed by atoms with Gasteiger partial charge in [0.15, 0.2) is 0 Å². The van der Waals surface area contributed by atoms with Crippen molar-refractivity contribution in [1.82, 2.24) is 10.3 Å². The summed E-state index contributed by atoms with van der Waals surface area (Å²) in [5, 5.41) is 2.95. The first-order valence-corrected chi connectivity index (χ1v) is 6.33. The summed E-state index contributed by atoms with van der Waals surface area (Å²) in [5.41, 5.74) is 5.04. The minimum absolute atomic E-state index is 0.0215. The molecule has 3 nitrogen and oxygen atoms in total. The predicted molar refractivity (Wildman–Crippen MR) is 76.1 cm³/mol. The van der Waals surface area contributed by atoms with Gasteiger partial charge in [-0.05, 0) is 49.6 Å². The van der Waals surface area contributed by atoms with Gasteiger partial charge in [-0.2, -0.15) is 0 Å². The molecule has 2 rings (SSSR count). The van der Waals surface area contributed by atoms with E-state index in [9.17, 15) is 4.79 Å². The number of carbonyl (C=O) groups excluding carboxylic acids is 1. The molecule has 1 aromatic heterocycles. The highest BCUT2D eigenvalue weighted by atomic mass is 16.1. The Morgan fingerprint density at radius 3 is 2.26 bits per heavy atom. The van der Waals surface area contributed by atoms with E-state index in [-0.39, 0.29) is 5.91 Å². The molecule has 1 heterocycles. The van der Waals surface area contributed by atoms with Crippen molar-refractivity contribution in [2.45, 2.75) is 27.3 Å². The SMILES string of the molecule is Cc1cc(C)c(C(=O)NCc2ccncc2)c(C)c1. The molecule has 1 amide bonds. The van der Waals surface area contributed by atoms with Gasteiger partial charge in [-0.3, -0.25) is 9.78 Å². The molecule has 0 aliphatic carbocycles. The van der Waals surface area contributed by atoms with Crippen LogP contribution >= 0.6 is 0 Å².